The fourth-order valence-corrected chi connectivity index (χ4v) is 4.22. The number of rotatable bonds is 4. The quantitative estimate of drug-likeness (QED) is 0.380. The number of amides is 1. The molecule has 0 atom stereocenters. The number of carbonyl (C=O) groups is 1. The van der Waals surface area contributed by atoms with Gasteiger partial charge in [0.15, 0.2) is 4.96 Å². The molecule has 0 aliphatic carbocycles. The van der Waals surface area contributed by atoms with Crippen LogP contribution in [-0.2, 0) is 0 Å². The van der Waals surface area contributed by atoms with Crippen LogP contribution in [0, 0.1) is 6.92 Å². The molecule has 0 fully saturated rings. The lowest BCUT2D eigenvalue weighted by Crippen LogP contribution is -2.13. The van der Waals surface area contributed by atoms with Crippen LogP contribution >= 0.6 is 22.9 Å². The Kier molecular flexibility index (Phi) is 4.61. The normalized spacial score (nSPS) is 11.1. The molecule has 30 heavy (non-hydrogen) atoms. The Bertz CT molecular complexity index is 1360. The highest BCUT2D eigenvalue weighted by atomic mass is 35.5. The molecule has 0 saturated heterocycles. The first-order valence-electron chi connectivity index (χ1n) is 9.15. The molecule has 0 aliphatic heterocycles. The Balaban J connectivity index is 1.46. The number of nitrogens with zero attached hydrogens (tertiary/aromatic N) is 3. The smallest absolute Gasteiger partial charge is 0.261 e. The van der Waals surface area contributed by atoms with Crippen molar-refractivity contribution in [3.05, 3.63) is 82.7 Å². The van der Waals surface area contributed by atoms with Gasteiger partial charge < -0.3 is 9.84 Å². The van der Waals surface area contributed by atoms with Gasteiger partial charge in [-0.15, -0.1) is 11.3 Å². The van der Waals surface area contributed by atoms with Gasteiger partial charge in [-0.25, -0.2) is 4.98 Å². The summed E-state index contributed by atoms with van der Waals surface area (Å²) in [6, 6.07) is 14.8. The minimum Gasteiger partial charge on any atom is -0.360 e. The minimum atomic E-state index is -0.313. The number of fused-ring (bicyclic) bond motifs is 1. The van der Waals surface area contributed by atoms with Gasteiger partial charge in [-0.2, -0.15) is 0 Å². The van der Waals surface area contributed by atoms with Crippen molar-refractivity contribution in [2.45, 2.75) is 6.92 Å². The van der Waals surface area contributed by atoms with Crippen LogP contribution in [0.25, 0.3) is 27.5 Å². The molecule has 2 aromatic carbocycles. The summed E-state index contributed by atoms with van der Waals surface area (Å²) < 4.78 is 7.27. The molecule has 0 bridgehead atoms. The van der Waals surface area contributed by atoms with Crippen molar-refractivity contribution < 1.29 is 9.32 Å². The van der Waals surface area contributed by atoms with Crippen LogP contribution in [0.1, 0.15) is 16.1 Å². The summed E-state index contributed by atoms with van der Waals surface area (Å²) in [5, 5.41) is 9.49. The van der Waals surface area contributed by atoms with Crippen LogP contribution in [0.4, 0.5) is 5.69 Å². The number of benzene rings is 2. The number of hydrogen-bond acceptors (Lipinski definition) is 5. The van der Waals surface area contributed by atoms with Crippen molar-refractivity contribution in [1.29, 1.82) is 0 Å². The second-order valence-corrected chi connectivity index (χ2v) is 7.98. The molecule has 0 saturated carbocycles. The summed E-state index contributed by atoms with van der Waals surface area (Å²) in [6.45, 7) is 1.70. The Morgan fingerprint density at radius 3 is 2.90 bits per heavy atom. The van der Waals surface area contributed by atoms with Crippen molar-refractivity contribution in [3.8, 4) is 22.5 Å². The molecule has 5 aromatic rings. The van der Waals surface area contributed by atoms with Crippen molar-refractivity contribution in [1.82, 2.24) is 14.5 Å². The highest BCUT2D eigenvalue weighted by Crippen LogP contribution is 2.32. The molecule has 1 N–H and O–H groups in total. The number of thiazole rings is 1. The van der Waals surface area contributed by atoms with Crippen molar-refractivity contribution in [2.24, 2.45) is 0 Å². The number of aromatic nitrogens is 3. The van der Waals surface area contributed by atoms with E-state index in [1.807, 2.05) is 58.6 Å². The highest BCUT2D eigenvalue weighted by Gasteiger charge is 2.23. The summed E-state index contributed by atoms with van der Waals surface area (Å²) in [6.07, 6.45) is 3.93. The highest BCUT2D eigenvalue weighted by molar-refractivity contribution is 7.15. The minimum absolute atomic E-state index is 0.313. The van der Waals surface area contributed by atoms with Crippen LogP contribution in [0.2, 0.25) is 5.02 Å². The Labute approximate surface area is 180 Å². The summed E-state index contributed by atoms with van der Waals surface area (Å²) in [4.78, 5) is 18.6. The standard InChI is InChI=1S/C22H15ClN4O2S/c1-13-19(20(26-29-13)16-7-2-3-8-17(16)23)21(28)24-15-6-4-5-14(11-15)18-12-27-9-10-30-22(27)25-18/h2-12H,1H3,(H,24,28). The number of halogens is 1. The van der Waals surface area contributed by atoms with Crippen LogP contribution < -0.4 is 5.32 Å². The van der Waals surface area contributed by atoms with Gasteiger partial charge in [-0.3, -0.25) is 9.20 Å². The van der Waals surface area contributed by atoms with E-state index in [0.717, 1.165) is 16.2 Å². The molecule has 148 valence electrons. The molecule has 1 amide bonds. The summed E-state index contributed by atoms with van der Waals surface area (Å²) in [5.74, 6) is 0.111. The largest absolute Gasteiger partial charge is 0.360 e. The monoisotopic (exact) mass is 434 g/mol. The molecule has 0 aliphatic rings. The van der Waals surface area contributed by atoms with Gasteiger partial charge >= 0.3 is 0 Å². The summed E-state index contributed by atoms with van der Waals surface area (Å²) in [7, 11) is 0. The van der Waals surface area contributed by atoms with E-state index in [9.17, 15) is 4.79 Å². The molecule has 6 nitrogen and oxygen atoms in total. The molecule has 0 spiro atoms. The van der Waals surface area contributed by atoms with E-state index in [1.165, 1.54) is 0 Å². The molecule has 3 heterocycles. The zero-order valence-corrected chi connectivity index (χ0v) is 17.4. The lowest BCUT2D eigenvalue weighted by Gasteiger charge is -2.08. The van der Waals surface area contributed by atoms with E-state index in [2.05, 4.69) is 15.5 Å². The fraction of sp³-hybridized carbons (Fsp3) is 0.0455. The first-order valence-corrected chi connectivity index (χ1v) is 10.4. The molecule has 0 radical (unpaired) electrons. The molecular formula is C22H15ClN4O2S. The van der Waals surface area contributed by atoms with E-state index >= 15 is 0 Å². The zero-order valence-electron chi connectivity index (χ0n) is 15.8. The number of imidazole rings is 1. The SMILES string of the molecule is Cc1onc(-c2ccccc2Cl)c1C(=O)Nc1cccc(-c2cn3ccsc3n2)c1. The first-order chi connectivity index (χ1) is 14.6. The number of nitrogens with one attached hydrogen (secondary N) is 1. The topological polar surface area (TPSA) is 72.4 Å². The Morgan fingerprint density at radius 2 is 2.07 bits per heavy atom. The van der Waals surface area contributed by atoms with Crippen molar-refractivity contribution in [3.63, 3.8) is 0 Å². The van der Waals surface area contributed by atoms with Crippen LogP contribution in [-0.4, -0.2) is 20.4 Å². The molecule has 3 aromatic heterocycles. The maximum atomic E-state index is 13.1. The van der Waals surface area contributed by atoms with Gasteiger partial charge in [0.05, 0.1) is 10.7 Å². The van der Waals surface area contributed by atoms with Crippen LogP contribution in [0.3, 0.4) is 0 Å². The van der Waals surface area contributed by atoms with Gasteiger partial charge in [-0.1, -0.05) is 47.1 Å². The average molecular weight is 435 g/mol. The van der Waals surface area contributed by atoms with E-state index < -0.39 is 0 Å². The number of aryl methyl sites for hydroxylation is 1. The molecule has 5 rings (SSSR count). The molecular weight excluding hydrogens is 420 g/mol. The Morgan fingerprint density at radius 1 is 1.20 bits per heavy atom. The van der Waals surface area contributed by atoms with Gasteiger partial charge in [-0.05, 0) is 25.1 Å². The third-order valence-corrected chi connectivity index (χ3v) is 5.83. The zero-order chi connectivity index (χ0) is 20.7. The van der Waals surface area contributed by atoms with E-state index in [4.69, 9.17) is 16.1 Å². The van der Waals surface area contributed by atoms with Crippen molar-refractivity contribution in [2.75, 3.05) is 5.32 Å². The van der Waals surface area contributed by atoms with Crippen LogP contribution in [0.15, 0.2) is 70.8 Å². The van der Waals surface area contributed by atoms with E-state index in [0.29, 0.717) is 33.3 Å². The third-order valence-electron chi connectivity index (χ3n) is 4.73. The van der Waals surface area contributed by atoms with Gasteiger partial charge in [0.2, 0.25) is 0 Å². The third kappa shape index (κ3) is 3.28. The Hall–Kier alpha value is -3.42. The predicted octanol–water partition coefficient (Wildman–Crippen LogP) is 5.93. The van der Waals surface area contributed by atoms with Gasteiger partial charge in [0, 0.05) is 34.6 Å². The van der Waals surface area contributed by atoms with Gasteiger partial charge in [0.1, 0.15) is 17.0 Å². The number of carbonyl (C=O) groups excluding carboxylic acids is 1. The number of hydrogen-bond donors (Lipinski definition) is 1. The average Bonchev–Trinajstić information content (AvgIpc) is 3.43. The molecule has 8 heteroatoms. The maximum Gasteiger partial charge on any atom is 0.261 e. The van der Waals surface area contributed by atoms with Gasteiger partial charge in [0.25, 0.3) is 5.91 Å². The van der Waals surface area contributed by atoms with Crippen molar-refractivity contribution >= 4 is 39.5 Å². The number of anilines is 1. The predicted molar refractivity (Wildman–Crippen MR) is 118 cm³/mol. The van der Waals surface area contributed by atoms with Crippen LogP contribution in [0.5, 0.6) is 0 Å². The van der Waals surface area contributed by atoms with E-state index in [-0.39, 0.29) is 5.91 Å². The molecule has 0 unspecified atom stereocenters. The maximum absolute atomic E-state index is 13.1. The lowest BCUT2D eigenvalue weighted by atomic mass is 10.1. The second kappa shape index (κ2) is 7.44. The summed E-state index contributed by atoms with van der Waals surface area (Å²) in [5.41, 5.74) is 3.83. The first kappa shape index (κ1) is 18.6. The summed E-state index contributed by atoms with van der Waals surface area (Å²) >= 11 is 7.87. The lowest BCUT2D eigenvalue weighted by molar-refractivity contribution is 0.102. The van der Waals surface area contributed by atoms with E-state index in [1.54, 1.807) is 30.4 Å². The second-order valence-electron chi connectivity index (χ2n) is 6.70. The fourth-order valence-electron chi connectivity index (χ4n) is 3.29.